The van der Waals surface area contributed by atoms with Gasteiger partial charge in [-0.2, -0.15) is 0 Å². The lowest BCUT2D eigenvalue weighted by molar-refractivity contribution is -0.118. The molecule has 3 atom stereocenters. The molecule has 3 aliphatic rings. The van der Waals surface area contributed by atoms with E-state index in [4.69, 9.17) is 0 Å². The third-order valence-corrected chi connectivity index (χ3v) is 7.97. The van der Waals surface area contributed by atoms with E-state index in [2.05, 4.69) is 43.1 Å². The molecule has 1 N–H and O–H groups in total. The molecule has 3 heteroatoms. The van der Waals surface area contributed by atoms with Crippen molar-refractivity contribution in [2.45, 2.75) is 84.2 Å². The van der Waals surface area contributed by atoms with Crippen LogP contribution in [0.15, 0.2) is 30.3 Å². The normalized spacial score (nSPS) is 32.6. The molecule has 0 heterocycles. The number of amides is 1. The van der Waals surface area contributed by atoms with Gasteiger partial charge in [-0.3, -0.25) is 4.79 Å². The van der Waals surface area contributed by atoms with Gasteiger partial charge in [-0.15, -0.1) is 0 Å². The minimum atomic E-state index is 0.246. The van der Waals surface area contributed by atoms with Crippen molar-refractivity contribution in [2.75, 3.05) is 11.4 Å². The van der Waals surface area contributed by atoms with Gasteiger partial charge in [-0.25, -0.2) is 0 Å². The zero-order valence-electron chi connectivity index (χ0n) is 17.3. The summed E-state index contributed by atoms with van der Waals surface area (Å²) in [5.74, 6) is 1.05. The minimum Gasteiger partial charge on any atom is -0.308 e. The Morgan fingerprint density at radius 3 is 2.41 bits per heavy atom. The lowest BCUT2D eigenvalue weighted by Crippen LogP contribution is -2.54. The number of carbonyl (C=O) groups excluding carboxylic acids is 1. The Balaban J connectivity index is 1.49. The number of hydrogen-bond donors (Lipinski definition) is 1. The molecule has 0 spiro atoms. The number of fused-ring (bicyclic) bond motifs is 2. The van der Waals surface area contributed by atoms with E-state index in [1.54, 1.807) is 0 Å². The van der Waals surface area contributed by atoms with E-state index in [1.807, 2.05) is 18.2 Å². The summed E-state index contributed by atoms with van der Waals surface area (Å²) in [7, 11) is 0. The van der Waals surface area contributed by atoms with Crippen LogP contribution in [0.3, 0.4) is 0 Å². The second kappa shape index (κ2) is 7.24. The lowest BCUT2D eigenvalue weighted by atomic mass is 9.68. The van der Waals surface area contributed by atoms with Gasteiger partial charge in [0.15, 0.2) is 0 Å². The summed E-state index contributed by atoms with van der Waals surface area (Å²) < 4.78 is 0. The molecule has 1 aromatic carbocycles. The van der Waals surface area contributed by atoms with Gasteiger partial charge in [0.05, 0.1) is 6.54 Å². The Hall–Kier alpha value is -1.35. The number of rotatable bonds is 5. The monoisotopic (exact) mass is 368 g/mol. The molecule has 3 nitrogen and oxygen atoms in total. The van der Waals surface area contributed by atoms with Crippen LogP contribution in [0.5, 0.6) is 0 Å². The van der Waals surface area contributed by atoms with Crippen molar-refractivity contribution in [3.05, 3.63) is 30.3 Å². The van der Waals surface area contributed by atoms with Crippen LogP contribution in [-0.2, 0) is 4.79 Å². The van der Waals surface area contributed by atoms with Crippen LogP contribution >= 0.6 is 0 Å². The van der Waals surface area contributed by atoms with Crippen LogP contribution in [0.2, 0.25) is 0 Å². The maximum Gasteiger partial charge on any atom is 0.241 e. The number of hydrogen-bond acceptors (Lipinski definition) is 2. The molecule has 3 saturated carbocycles. The van der Waals surface area contributed by atoms with E-state index in [1.165, 1.54) is 38.5 Å². The number of nitrogens with one attached hydrogen (secondary N) is 1. The van der Waals surface area contributed by atoms with Crippen LogP contribution < -0.4 is 10.2 Å². The molecule has 1 amide bonds. The molecule has 2 bridgehead atoms. The van der Waals surface area contributed by atoms with Crippen molar-refractivity contribution in [1.82, 2.24) is 5.32 Å². The SMILES string of the molecule is CC1(C)[C@@H]2CC[C@](C)(C2)[C@@H]1NCC(=O)N(c1ccccc1)C1CCCCC1. The van der Waals surface area contributed by atoms with Crippen LogP contribution in [0.1, 0.15) is 72.1 Å². The fourth-order valence-corrected chi connectivity index (χ4v) is 6.57. The van der Waals surface area contributed by atoms with Crippen molar-refractivity contribution < 1.29 is 4.79 Å². The number of nitrogens with zero attached hydrogens (tertiary/aromatic N) is 1. The van der Waals surface area contributed by atoms with E-state index in [0.29, 0.717) is 24.0 Å². The highest BCUT2D eigenvalue weighted by Gasteiger charge is 2.59. The Morgan fingerprint density at radius 1 is 1.07 bits per heavy atom. The highest BCUT2D eigenvalue weighted by molar-refractivity contribution is 5.95. The first kappa shape index (κ1) is 19.0. The van der Waals surface area contributed by atoms with Gasteiger partial charge < -0.3 is 10.2 Å². The highest BCUT2D eigenvalue weighted by Crippen LogP contribution is 2.62. The van der Waals surface area contributed by atoms with Crippen LogP contribution in [0, 0.1) is 16.7 Å². The fraction of sp³-hybridized carbons (Fsp3) is 0.708. The van der Waals surface area contributed by atoms with E-state index >= 15 is 0 Å². The molecule has 1 aromatic rings. The summed E-state index contributed by atoms with van der Waals surface area (Å²) in [6.45, 7) is 7.70. The van der Waals surface area contributed by atoms with E-state index in [9.17, 15) is 4.79 Å². The van der Waals surface area contributed by atoms with Gasteiger partial charge in [-0.1, -0.05) is 58.2 Å². The number of para-hydroxylation sites is 1. The first-order valence-corrected chi connectivity index (χ1v) is 11.0. The molecular weight excluding hydrogens is 332 g/mol. The maximum absolute atomic E-state index is 13.4. The van der Waals surface area contributed by atoms with Gasteiger partial charge in [0, 0.05) is 17.8 Å². The van der Waals surface area contributed by atoms with Gasteiger partial charge in [-0.05, 0) is 61.0 Å². The predicted octanol–water partition coefficient (Wildman–Crippen LogP) is 5.16. The Bertz CT molecular complexity index is 659. The van der Waals surface area contributed by atoms with Crippen molar-refractivity contribution in [3.8, 4) is 0 Å². The molecule has 0 aromatic heterocycles. The van der Waals surface area contributed by atoms with Crippen molar-refractivity contribution in [1.29, 1.82) is 0 Å². The summed E-state index contributed by atoms with van der Waals surface area (Å²) in [6.07, 6.45) is 10.0. The van der Waals surface area contributed by atoms with E-state index in [0.717, 1.165) is 24.4 Å². The molecule has 0 aliphatic heterocycles. The topological polar surface area (TPSA) is 32.3 Å². The zero-order valence-corrected chi connectivity index (χ0v) is 17.3. The second-order valence-electron chi connectivity index (χ2n) is 10.1. The number of benzene rings is 1. The van der Waals surface area contributed by atoms with Crippen molar-refractivity contribution in [3.63, 3.8) is 0 Å². The van der Waals surface area contributed by atoms with Gasteiger partial charge >= 0.3 is 0 Å². The average molecular weight is 369 g/mol. The fourth-order valence-electron chi connectivity index (χ4n) is 6.57. The van der Waals surface area contributed by atoms with Crippen LogP contribution in [0.25, 0.3) is 0 Å². The summed E-state index contributed by atoms with van der Waals surface area (Å²) >= 11 is 0. The quantitative estimate of drug-likeness (QED) is 0.779. The Labute approximate surface area is 164 Å². The standard InChI is InChI=1S/C24H36N2O/c1-23(2)18-14-15-24(3,16-18)22(23)25-17-21(27)26(19-10-6-4-7-11-19)20-12-8-5-9-13-20/h4,6-7,10-11,18,20,22,25H,5,8-9,12-17H2,1-3H3/t18-,22-,24-/m1/s1. The summed E-state index contributed by atoms with van der Waals surface area (Å²) in [5, 5.41) is 3.74. The molecule has 3 aliphatic carbocycles. The molecule has 4 rings (SSSR count). The van der Waals surface area contributed by atoms with Gasteiger partial charge in [0.25, 0.3) is 0 Å². The van der Waals surface area contributed by atoms with E-state index in [-0.39, 0.29) is 11.3 Å². The Morgan fingerprint density at radius 2 is 1.78 bits per heavy atom. The maximum atomic E-state index is 13.4. The summed E-state index contributed by atoms with van der Waals surface area (Å²) in [4.78, 5) is 15.5. The van der Waals surface area contributed by atoms with Gasteiger partial charge in [0.1, 0.15) is 0 Å². The third kappa shape index (κ3) is 3.44. The smallest absolute Gasteiger partial charge is 0.241 e. The summed E-state index contributed by atoms with van der Waals surface area (Å²) in [6, 6.07) is 11.1. The van der Waals surface area contributed by atoms with Crippen molar-refractivity contribution >= 4 is 11.6 Å². The molecule has 0 radical (unpaired) electrons. The Kier molecular flexibility index (Phi) is 5.09. The summed E-state index contributed by atoms with van der Waals surface area (Å²) in [5.41, 5.74) is 1.71. The highest BCUT2D eigenvalue weighted by atomic mass is 16.2. The molecule has 148 valence electrons. The first-order chi connectivity index (χ1) is 12.9. The van der Waals surface area contributed by atoms with Crippen LogP contribution in [-0.4, -0.2) is 24.5 Å². The predicted molar refractivity (Wildman–Crippen MR) is 112 cm³/mol. The van der Waals surface area contributed by atoms with Crippen LogP contribution in [0.4, 0.5) is 5.69 Å². The lowest BCUT2D eigenvalue weighted by Gasteiger charge is -2.43. The minimum absolute atomic E-state index is 0.246. The molecule has 0 unspecified atom stereocenters. The second-order valence-corrected chi connectivity index (χ2v) is 10.1. The zero-order chi connectivity index (χ0) is 19.1. The average Bonchev–Trinajstić information content (AvgIpc) is 3.14. The molecule has 27 heavy (non-hydrogen) atoms. The molecule has 3 fully saturated rings. The largest absolute Gasteiger partial charge is 0.308 e. The first-order valence-electron chi connectivity index (χ1n) is 11.0. The van der Waals surface area contributed by atoms with Gasteiger partial charge in [0.2, 0.25) is 5.91 Å². The number of anilines is 1. The molecular formula is C24H36N2O. The third-order valence-electron chi connectivity index (χ3n) is 7.97. The van der Waals surface area contributed by atoms with E-state index < -0.39 is 0 Å². The molecule has 0 saturated heterocycles. The number of carbonyl (C=O) groups is 1. The van der Waals surface area contributed by atoms with Crippen molar-refractivity contribution in [2.24, 2.45) is 16.7 Å².